The first-order chi connectivity index (χ1) is 10.5. The number of fused-ring (bicyclic) bond motifs is 1. The zero-order valence-corrected chi connectivity index (χ0v) is 15.5. The van der Waals surface area contributed by atoms with E-state index in [0.717, 1.165) is 28.3 Å². The van der Waals surface area contributed by atoms with E-state index >= 15 is 0 Å². The van der Waals surface area contributed by atoms with Gasteiger partial charge < -0.3 is 9.47 Å². The number of benzene rings is 1. The molecule has 122 valence electrons. The van der Waals surface area contributed by atoms with Crippen LogP contribution in [0.2, 0.25) is 0 Å². The predicted octanol–water partition coefficient (Wildman–Crippen LogP) is 4.25. The SMILES string of the molecule is CC1=NC2(c3cc(Br)ccc3F)COCCC2CS1.COC. The summed E-state index contributed by atoms with van der Waals surface area (Å²) in [5, 5.41) is 1.01. The average molecular weight is 390 g/mol. The van der Waals surface area contributed by atoms with Gasteiger partial charge in [0, 0.05) is 42.5 Å². The lowest BCUT2D eigenvalue weighted by molar-refractivity contribution is 0.00302. The minimum absolute atomic E-state index is 0.192. The molecule has 0 N–H and O–H groups in total. The third-order valence-electron chi connectivity index (χ3n) is 3.85. The predicted molar refractivity (Wildman–Crippen MR) is 93.2 cm³/mol. The highest BCUT2D eigenvalue weighted by Crippen LogP contribution is 2.46. The van der Waals surface area contributed by atoms with Gasteiger partial charge in [-0.05, 0) is 31.5 Å². The van der Waals surface area contributed by atoms with Gasteiger partial charge in [0.2, 0.25) is 0 Å². The first-order valence-corrected chi connectivity index (χ1v) is 8.94. The number of hydrogen-bond acceptors (Lipinski definition) is 4. The largest absolute Gasteiger partial charge is 0.388 e. The van der Waals surface area contributed by atoms with Crippen molar-refractivity contribution in [3.8, 4) is 0 Å². The van der Waals surface area contributed by atoms with E-state index < -0.39 is 5.54 Å². The Hall–Kier alpha value is -0.430. The molecule has 3 nitrogen and oxygen atoms in total. The van der Waals surface area contributed by atoms with Gasteiger partial charge in [0.1, 0.15) is 11.4 Å². The fraction of sp³-hybridized carbons (Fsp3) is 0.562. The molecule has 0 bridgehead atoms. The Balaban J connectivity index is 0.000000545. The van der Waals surface area contributed by atoms with Crippen molar-refractivity contribution in [3.63, 3.8) is 0 Å². The Morgan fingerprint density at radius 1 is 1.45 bits per heavy atom. The summed E-state index contributed by atoms with van der Waals surface area (Å²) in [5.41, 5.74) is 0.118. The Kier molecular flexibility index (Phi) is 6.44. The quantitative estimate of drug-likeness (QED) is 0.719. The van der Waals surface area contributed by atoms with Crippen molar-refractivity contribution in [3.05, 3.63) is 34.1 Å². The molecule has 1 saturated heterocycles. The Morgan fingerprint density at radius 3 is 2.91 bits per heavy atom. The Labute approximate surface area is 143 Å². The standard InChI is InChI=1S/C14H15BrFNOS.C2H6O/c1-9-17-14(8-18-5-4-10(14)7-19-9)12-6-11(15)2-3-13(12)16;1-3-2/h2-3,6,10H,4-5,7-8H2,1H3;1-2H3. The molecule has 2 aliphatic heterocycles. The smallest absolute Gasteiger partial charge is 0.129 e. The van der Waals surface area contributed by atoms with Crippen LogP contribution in [0.15, 0.2) is 27.7 Å². The molecule has 1 fully saturated rings. The molecule has 1 aromatic rings. The summed E-state index contributed by atoms with van der Waals surface area (Å²) in [4.78, 5) is 4.80. The van der Waals surface area contributed by atoms with Gasteiger partial charge in [-0.25, -0.2) is 4.39 Å². The highest BCUT2D eigenvalue weighted by molar-refractivity contribution is 9.10. The van der Waals surface area contributed by atoms with Crippen LogP contribution >= 0.6 is 27.7 Å². The number of hydrogen-bond donors (Lipinski definition) is 0. The fourth-order valence-electron chi connectivity index (χ4n) is 2.88. The van der Waals surface area contributed by atoms with E-state index in [1.807, 2.05) is 13.0 Å². The first-order valence-electron chi connectivity index (χ1n) is 7.16. The van der Waals surface area contributed by atoms with Crippen molar-refractivity contribution in [2.24, 2.45) is 10.9 Å². The molecule has 2 unspecified atom stereocenters. The summed E-state index contributed by atoms with van der Waals surface area (Å²) in [6, 6.07) is 5.08. The lowest BCUT2D eigenvalue weighted by Crippen LogP contribution is -2.46. The summed E-state index contributed by atoms with van der Waals surface area (Å²) in [7, 11) is 3.25. The zero-order chi connectivity index (χ0) is 16.2. The van der Waals surface area contributed by atoms with Gasteiger partial charge in [0.05, 0.1) is 11.7 Å². The molecule has 0 aromatic heterocycles. The molecule has 2 atom stereocenters. The fourth-order valence-corrected chi connectivity index (χ4v) is 4.35. The highest BCUT2D eigenvalue weighted by Gasteiger charge is 2.46. The molecular weight excluding hydrogens is 369 g/mol. The molecule has 2 aliphatic rings. The van der Waals surface area contributed by atoms with Crippen LogP contribution in [0.1, 0.15) is 18.9 Å². The van der Waals surface area contributed by atoms with Gasteiger partial charge in [0.25, 0.3) is 0 Å². The summed E-state index contributed by atoms with van der Waals surface area (Å²) in [6.07, 6.45) is 0.940. The Morgan fingerprint density at radius 2 is 2.18 bits per heavy atom. The minimum atomic E-state index is -0.540. The van der Waals surface area contributed by atoms with Crippen LogP contribution in [0.25, 0.3) is 0 Å². The van der Waals surface area contributed by atoms with Gasteiger partial charge >= 0.3 is 0 Å². The third kappa shape index (κ3) is 3.72. The van der Waals surface area contributed by atoms with E-state index in [2.05, 4.69) is 20.7 Å². The minimum Gasteiger partial charge on any atom is -0.388 e. The molecule has 22 heavy (non-hydrogen) atoms. The molecule has 0 spiro atoms. The molecule has 0 radical (unpaired) electrons. The van der Waals surface area contributed by atoms with Crippen molar-refractivity contribution < 1.29 is 13.9 Å². The molecule has 0 aliphatic carbocycles. The van der Waals surface area contributed by atoms with Gasteiger partial charge in [-0.15, -0.1) is 11.8 Å². The van der Waals surface area contributed by atoms with E-state index in [4.69, 9.17) is 9.73 Å². The maximum absolute atomic E-state index is 14.3. The number of thioether (sulfide) groups is 1. The van der Waals surface area contributed by atoms with Crippen molar-refractivity contribution in [2.75, 3.05) is 33.2 Å². The molecular formula is C16H21BrFNO2S. The summed E-state index contributed by atoms with van der Waals surface area (Å²) in [6.45, 7) is 3.22. The van der Waals surface area contributed by atoms with Crippen LogP contribution in [0.4, 0.5) is 4.39 Å². The summed E-state index contributed by atoms with van der Waals surface area (Å²) in [5.74, 6) is 1.14. The van der Waals surface area contributed by atoms with E-state index in [1.54, 1.807) is 32.0 Å². The van der Waals surface area contributed by atoms with Crippen LogP contribution < -0.4 is 0 Å². The summed E-state index contributed by atoms with van der Waals surface area (Å²) < 4.78 is 25.1. The number of aliphatic imine (C=N–C) groups is 1. The Bertz CT molecular complexity index is 555. The van der Waals surface area contributed by atoms with E-state index in [0.29, 0.717) is 18.1 Å². The van der Waals surface area contributed by atoms with Crippen LogP contribution in [0, 0.1) is 11.7 Å². The van der Waals surface area contributed by atoms with Gasteiger partial charge in [-0.3, -0.25) is 4.99 Å². The second-order valence-electron chi connectivity index (χ2n) is 5.44. The lowest BCUT2D eigenvalue weighted by Gasteiger charge is -2.44. The van der Waals surface area contributed by atoms with E-state index in [-0.39, 0.29) is 5.82 Å². The van der Waals surface area contributed by atoms with Crippen LogP contribution in [-0.4, -0.2) is 38.2 Å². The van der Waals surface area contributed by atoms with Crippen molar-refractivity contribution >= 4 is 32.7 Å². The molecule has 6 heteroatoms. The summed E-state index contributed by atoms with van der Waals surface area (Å²) >= 11 is 5.20. The van der Waals surface area contributed by atoms with Crippen LogP contribution in [0.3, 0.4) is 0 Å². The second-order valence-corrected chi connectivity index (χ2v) is 7.57. The molecule has 1 aromatic carbocycles. The van der Waals surface area contributed by atoms with Gasteiger partial charge in [-0.1, -0.05) is 15.9 Å². The van der Waals surface area contributed by atoms with Gasteiger partial charge in [-0.2, -0.15) is 0 Å². The topological polar surface area (TPSA) is 30.8 Å². The number of rotatable bonds is 1. The number of ether oxygens (including phenoxy) is 2. The molecule has 0 saturated carbocycles. The van der Waals surface area contributed by atoms with Crippen molar-refractivity contribution in [1.82, 2.24) is 0 Å². The van der Waals surface area contributed by atoms with Crippen molar-refractivity contribution in [1.29, 1.82) is 0 Å². The number of methoxy groups -OCH3 is 1. The molecule has 3 rings (SSSR count). The maximum Gasteiger partial charge on any atom is 0.129 e. The number of nitrogens with zero attached hydrogens (tertiary/aromatic N) is 1. The monoisotopic (exact) mass is 389 g/mol. The lowest BCUT2D eigenvalue weighted by atomic mass is 9.76. The average Bonchev–Trinajstić information content (AvgIpc) is 2.50. The molecule has 2 heterocycles. The van der Waals surface area contributed by atoms with Crippen LogP contribution in [0.5, 0.6) is 0 Å². The first kappa shape index (κ1) is 17.9. The second kappa shape index (κ2) is 7.90. The van der Waals surface area contributed by atoms with Crippen molar-refractivity contribution in [2.45, 2.75) is 18.9 Å². The van der Waals surface area contributed by atoms with Gasteiger partial charge in [0.15, 0.2) is 0 Å². The third-order valence-corrected chi connectivity index (χ3v) is 5.42. The van der Waals surface area contributed by atoms with E-state index in [1.165, 1.54) is 6.07 Å². The maximum atomic E-state index is 14.3. The van der Waals surface area contributed by atoms with Crippen LogP contribution in [-0.2, 0) is 15.0 Å². The normalized spacial score (nSPS) is 27.3. The van der Waals surface area contributed by atoms with E-state index in [9.17, 15) is 4.39 Å². The molecule has 0 amide bonds. The zero-order valence-electron chi connectivity index (χ0n) is 13.1. The number of halogens is 2. The highest BCUT2D eigenvalue weighted by atomic mass is 79.9.